The number of anilines is 1. The van der Waals surface area contributed by atoms with E-state index in [2.05, 4.69) is 15.0 Å². The molecule has 66 valence electrons. The molecule has 0 atom stereocenters. The Balaban J connectivity index is 0.000000605. The Hall–Kier alpha value is -1.00. The van der Waals surface area contributed by atoms with Gasteiger partial charge in [0, 0.05) is 17.8 Å². The van der Waals surface area contributed by atoms with Crippen molar-refractivity contribution < 1.29 is 0 Å². The summed E-state index contributed by atoms with van der Waals surface area (Å²) in [6, 6.07) is 1.90. The van der Waals surface area contributed by atoms with E-state index in [1.165, 1.54) is 0 Å². The summed E-state index contributed by atoms with van der Waals surface area (Å²) in [5, 5.41) is 0.981. The number of H-pyrrole nitrogens is 1. The molecule has 3 N–H and O–H groups in total. The highest BCUT2D eigenvalue weighted by atomic mass is 35.5. The van der Waals surface area contributed by atoms with E-state index in [0.717, 1.165) is 11.0 Å². The Labute approximate surface area is 81.4 Å². The first-order valence-electron chi connectivity index (χ1n) is 2.92. The van der Waals surface area contributed by atoms with E-state index < -0.39 is 0 Å². The minimum atomic E-state index is 0. The number of nitrogen functional groups attached to an aromatic ring is 1. The van der Waals surface area contributed by atoms with Gasteiger partial charge in [0.15, 0.2) is 0 Å². The zero-order chi connectivity index (χ0) is 6.97. The number of hydrogen-bond donors (Lipinski definition) is 2. The van der Waals surface area contributed by atoms with E-state index in [4.69, 9.17) is 5.73 Å². The monoisotopic (exact) mass is 206 g/mol. The molecule has 0 aliphatic rings. The number of rotatable bonds is 0. The quantitative estimate of drug-likeness (QED) is 0.685. The van der Waals surface area contributed by atoms with E-state index in [1.54, 1.807) is 12.4 Å². The molecule has 2 heterocycles. The van der Waals surface area contributed by atoms with Gasteiger partial charge in [-0.25, -0.2) is 4.98 Å². The van der Waals surface area contributed by atoms with Crippen LogP contribution in [0, 0.1) is 0 Å². The number of nitrogens with zero attached hydrogens (tertiary/aromatic N) is 2. The van der Waals surface area contributed by atoms with E-state index >= 15 is 0 Å². The van der Waals surface area contributed by atoms with Crippen molar-refractivity contribution >= 4 is 41.8 Å². The van der Waals surface area contributed by atoms with Gasteiger partial charge in [-0.1, -0.05) is 0 Å². The molecule has 2 aromatic rings. The second-order valence-corrected chi connectivity index (χ2v) is 2.01. The lowest BCUT2D eigenvalue weighted by molar-refractivity contribution is 1.22. The summed E-state index contributed by atoms with van der Waals surface area (Å²) in [5.41, 5.74) is 6.13. The Morgan fingerprint density at radius 2 is 2.08 bits per heavy atom. The molecule has 0 aliphatic heterocycles. The molecule has 2 aromatic heterocycles. The maximum atomic E-state index is 5.34. The normalized spacial score (nSPS) is 8.67. The highest BCUT2D eigenvalue weighted by Gasteiger charge is 1.94. The Kier molecular flexibility index (Phi) is 3.79. The van der Waals surface area contributed by atoms with Crippen LogP contribution in [0.1, 0.15) is 0 Å². The first kappa shape index (κ1) is 11.0. The van der Waals surface area contributed by atoms with Crippen molar-refractivity contribution in [2.75, 3.05) is 5.73 Å². The molecular weight excluding hydrogens is 199 g/mol. The van der Waals surface area contributed by atoms with Crippen LogP contribution in [0.4, 0.5) is 5.95 Å². The van der Waals surface area contributed by atoms with Crippen LogP contribution in [0.15, 0.2) is 18.5 Å². The number of hydrogen-bond acceptors (Lipinski definition) is 3. The number of aromatic nitrogens is 3. The molecule has 0 spiro atoms. The fourth-order valence-corrected chi connectivity index (χ4v) is 0.853. The SMILES string of the molecule is Cl.Cl.Nc1ncc2cc[nH]c2n1. The molecule has 0 aromatic carbocycles. The van der Waals surface area contributed by atoms with E-state index in [0.29, 0.717) is 5.95 Å². The van der Waals surface area contributed by atoms with Gasteiger partial charge in [-0.3, -0.25) is 0 Å². The van der Waals surface area contributed by atoms with Crippen LogP contribution in [-0.4, -0.2) is 15.0 Å². The van der Waals surface area contributed by atoms with E-state index in [9.17, 15) is 0 Å². The summed E-state index contributed by atoms with van der Waals surface area (Å²) in [7, 11) is 0. The van der Waals surface area contributed by atoms with Crippen LogP contribution in [0.3, 0.4) is 0 Å². The van der Waals surface area contributed by atoms with Crippen LogP contribution in [0.2, 0.25) is 0 Å². The van der Waals surface area contributed by atoms with Crippen LogP contribution in [-0.2, 0) is 0 Å². The number of halogens is 2. The van der Waals surface area contributed by atoms with E-state index in [-0.39, 0.29) is 24.8 Å². The summed E-state index contributed by atoms with van der Waals surface area (Å²) >= 11 is 0. The van der Waals surface area contributed by atoms with Gasteiger partial charge in [-0.15, -0.1) is 24.8 Å². The maximum absolute atomic E-state index is 5.34. The summed E-state index contributed by atoms with van der Waals surface area (Å²) in [6.07, 6.45) is 3.49. The van der Waals surface area contributed by atoms with Crippen molar-refractivity contribution in [1.29, 1.82) is 0 Å². The second-order valence-electron chi connectivity index (χ2n) is 2.01. The maximum Gasteiger partial charge on any atom is 0.221 e. The molecule has 0 fully saturated rings. The summed E-state index contributed by atoms with van der Waals surface area (Å²) in [5.74, 6) is 0.301. The van der Waals surface area contributed by atoms with Gasteiger partial charge in [-0.05, 0) is 6.07 Å². The van der Waals surface area contributed by atoms with Gasteiger partial charge in [0.2, 0.25) is 5.95 Å². The molecule has 0 unspecified atom stereocenters. The number of aromatic amines is 1. The predicted molar refractivity (Wildman–Crippen MR) is 52.8 cm³/mol. The lowest BCUT2D eigenvalue weighted by Gasteiger charge is -1.88. The lowest BCUT2D eigenvalue weighted by atomic mass is 10.4. The van der Waals surface area contributed by atoms with Gasteiger partial charge < -0.3 is 10.7 Å². The fourth-order valence-electron chi connectivity index (χ4n) is 0.853. The second kappa shape index (κ2) is 4.13. The first-order chi connectivity index (χ1) is 4.86. The molecular formula is C6H8Cl2N4. The molecule has 0 aliphatic carbocycles. The van der Waals surface area contributed by atoms with Crippen molar-refractivity contribution in [1.82, 2.24) is 15.0 Å². The van der Waals surface area contributed by atoms with Gasteiger partial charge >= 0.3 is 0 Å². The number of fused-ring (bicyclic) bond motifs is 1. The van der Waals surface area contributed by atoms with Crippen LogP contribution in [0.25, 0.3) is 11.0 Å². The molecule has 0 bridgehead atoms. The Morgan fingerprint density at radius 1 is 1.33 bits per heavy atom. The largest absolute Gasteiger partial charge is 0.368 e. The number of nitrogens with two attached hydrogens (primary N) is 1. The molecule has 2 rings (SSSR count). The van der Waals surface area contributed by atoms with Crippen molar-refractivity contribution in [2.45, 2.75) is 0 Å². The molecule has 12 heavy (non-hydrogen) atoms. The lowest BCUT2D eigenvalue weighted by Crippen LogP contribution is -1.92. The van der Waals surface area contributed by atoms with Gasteiger partial charge in [0.05, 0.1) is 0 Å². The zero-order valence-electron chi connectivity index (χ0n) is 6.02. The topological polar surface area (TPSA) is 67.6 Å². The van der Waals surface area contributed by atoms with Gasteiger partial charge in [0.1, 0.15) is 5.65 Å². The summed E-state index contributed by atoms with van der Waals surface area (Å²) in [6.45, 7) is 0. The average molecular weight is 207 g/mol. The van der Waals surface area contributed by atoms with Crippen LogP contribution < -0.4 is 5.73 Å². The van der Waals surface area contributed by atoms with Crippen LogP contribution >= 0.6 is 24.8 Å². The summed E-state index contributed by atoms with van der Waals surface area (Å²) < 4.78 is 0. The molecule has 0 radical (unpaired) electrons. The molecule has 0 saturated carbocycles. The molecule has 0 saturated heterocycles. The first-order valence-corrected chi connectivity index (χ1v) is 2.92. The van der Waals surface area contributed by atoms with E-state index in [1.807, 2.05) is 6.07 Å². The van der Waals surface area contributed by atoms with Crippen molar-refractivity contribution in [3.63, 3.8) is 0 Å². The van der Waals surface area contributed by atoms with Gasteiger partial charge in [-0.2, -0.15) is 4.98 Å². The van der Waals surface area contributed by atoms with Gasteiger partial charge in [0.25, 0.3) is 0 Å². The third kappa shape index (κ3) is 1.78. The minimum absolute atomic E-state index is 0. The van der Waals surface area contributed by atoms with Crippen molar-refractivity contribution in [3.8, 4) is 0 Å². The summed E-state index contributed by atoms with van der Waals surface area (Å²) in [4.78, 5) is 10.7. The highest BCUT2D eigenvalue weighted by Crippen LogP contribution is 2.07. The Bertz CT molecular complexity index is 359. The van der Waals surface area contributed by atoms with Crippen molar-refractivity contribution in [3.05, 3.63) is 18.5 Å². The third-order valence-electron chi connectivity index (χ3n) is 1.32. The molecule has 0 amide bonds. The molecule has 4 nitrogen and oxygen atoms in total. The zero-order valence-corrected chi connectivity index (χ0v) is 7.65. The number of nitrogens with one attached hydrogen (secondary N) is 1. The smallest absolute Gasteiger partial charge is 0.221 e. The van der Waals surface area contributed by atoms with Crippen molar-refractivity contribution in [2.24, 2.45) is 0 Å². The minimum Gasteiger partial charge on any atom is -0.368 e. The Morgan fingerprint density at radius 3 is 2.83 bits per heavy atom. The fraction of sp³-hybridized carbons (Fsp3) is 0. The predicted octanol–water partition coefficient (Wildman–Crippen LogP) is 1.38. The third-order valence-corrected chi connectivity index (χ3v) is 1.32. The molecule has 6 heteroatoms. The average Bonchev–Trinajstić information content (AvgIpc) is 2.33. The highest BCUT2D eigenvalue weighted by molar-refractivity contribution is 5.85. The van der Waals surface area contributed by atoms with Crippen LogP contribution in [0.5, 0.6) is 0 Å². The standard InChI is InChI=1S/C6H6N4.2ClH/c7-6-9-3-4-1-2-8-5(4)10-6;;/h1-3H,(H3,7,8,9,10);2*1H.